The van der Waals surface area contributed by atoms with Gasteiger partial charge in [0.2, 0.25) is 0 Å². The fourth-order valence-electron chi connectivity index (χ4n) is 13.7. The number of aryl methyl sites for hydroxylation is 4. The fourth-order valence-corrected chi connectivity index (χ4v) is 13.7. The summed E-state index contributed by atoms with van der Waals surface area (Å²) >= 11 is 0. The van der Waals surface area contributed by atoms with Crippen molar-refractivity contribution >= 4 is 88.0 Å². The van der Waals surface area contributed by atoms with Crippen molar-refractivity contribution in [1.82, 2.24) is 0 Å². The lowest BCUT2D eigenvalue weighted by Gasteiger charge is -2.36. The predicted octanol–water partition coefficient (Wildman–Crippen LogP) is 19.7. The smallest absolute Gasteiger partial charge is 0.0569 e. The molecule has 2 heteroatoms. The summed E-state index contributed by atoms with van der Waals surface area (Å²) < 4.78 is 0. The number of benzene rings is 12. The third-order valence-corrected chi connectivity index (χ3v) is 17.0. The molecule has 0 aromatic heterocycles. The summed E-state index contributed by atoms with van der Waals surface area (Å²) in [4.78, 5) is 5.32. The minimum Gasteiger partial charge on any atom is -0.308 e. The highest BCUT2D eigenvalue weighted by Crippen LogP contribution is 2.60. The van der Waals surface area contributed by atoms with Crippen LogP contribution in [0.4, 0.5) is 34.1 Å². The van der Waals surface area contributed by atoms with E-state index in [0.29, 0.717) is 0 Å². The van der Waals surface area contributed by atoms with E-state index < -0.39 is 0 Å². The zero-order valence-corrected chi connectivity index (χ0v) is 42.4. The van der Waals surface area contributed by atoms with E-state index in [-0.39, 0.29) is 10.8 Å². The number of fused-ring (bicyclic) bond motifs is 8. The normalized spacial score (nSPS) is 14.1. The molecule has 0 saturated carbocycles. The van der Waals surface area contributed by atoms with Crippen LogP contribution >= 0.6 is 0 Å². The number of hydrogen-bond acceptors (Lipinski definition) is 2. The zero-order valence-electron chi connectivity index (χ0n) is 42.4. The first-order valence-electron chi connectivity index (χ1n) is 25.7. The lowest BCUT2D eigenvalue weighted by atomic mass is 9.80. The standard InChI is InChI=1S/C70H56N2/c1-41-25-29-45-17-9-11-19-49(45)65(41)71(67-43(3)27-35-53-51-21-13-15-23-57(51)69(5,6)63(53)67)59-39-33-47-32-38-56-60(40-34-48-31-37-55(59)61(47)62(48)56)72(66-42(2)26-30-46-18-10-12-20-50(46)66)68-44(4)28-36-54-52-22-14-16-24-58(52)70(7,8)64(54)68/h9-40H,1-8H3. The topological polar surface area (TPSA) is 6.48 Å². The van der Waals surface area contributed by atoms with Crippen molar-refractivity contribution in [3.63, 3.8) is 0 Å². The summed E-state index contributed by atoms with van der Waals surface area (Å²) in [5.74, 6) is 0. The van der Waals surface area contributed by atoms with Gasteiger partial charge in [0.25, 0.3) is 0 Å². The average molecular weight is 925 g/mol. The van der Waals surface area contributed by atoms with Crippen LogP contribution in [0, 0.1) is 27.7 Å². The summed E-state index contributed by atoms with van der Waals surface area (Å²) in [5.41, 5.74) is 22.7. The van der Waals surface area contributed by atoms with Gasteiger partial charge >= 0.3 is 0 Å². The number of nitrogens with zero attached hydrogens (tertiary/aromatic N) is 2. The molecule has 0 spiro atoms. The average Bonchev–Trinajstić information content (AvgIpc) is 3.78. The van der Waals surface area contributed by atoms with E-state index in [9.17, 15) is 0 Å². The van der Waals surface area contributed by atoms with Gasteiger partial charge in [-0.3, -0.25) is 0 Å². The van der Waals surface area contributed by atoms with Gasteiger partial charge in [0.15, 0.2) is 0 Å². The Bertz CT molecular complexity index is 4000. The van der Waals surface area contributed by atoms with Crippen LogP contribution in [0.2, 0.25) is 0 Å². The third kappa shape index (κ3) is 5.72. The minimum absolute atomic E-state index is 0.239. The molecule has 0 fully saturated rings. The van der Waals surface area contributed by atoms with Crippen LogP contribution in [-0.4, -0.2) is 0 Å². The highest BCUT2D eigenvalue weighted by Gasteiger charge is 2.42. The molecular weight excluding hydrogens is 869 g/mol. The Balaban J connectivity index is 1.09. The Morgan fingerprint density at radius 2 is 0.625 bits per heavy atom. The maximum absolute atomic E-state index is 2.66. The molecule has 0 atom stereocenters. The van der Waals surface area contributed by atoms with E-state index in [1.165, 1.54) is 155 Å². The van der Waals surface area contributed by atoms with Crippen molar-refractivity contribution in [2.45, 2.75) is 66.2 Å². The van der Waals surface area contributed by atoms with E-state index in [4.69, 9.17) is 0 Å². The maximum Gasteiger partial charge on any atom is 0.0569 e. The first-order valence-corrected chi connectivity index (χ1v) is 25.7. The van der Waals surface area contributed by atoms with E-state index in [0.717, 1.165) is 0 Å². The Hall–Kier alpha value is -8.20. The summed E-state index contributed by atoms with van der Waals surface area (Å²) in [6.45, 7) is 18.9. The third-order valence-electron chi connectivity index (χ3n) is 17.0. The SMILES string of the molecule is Cc1ccc2c(c1N(c1c(C)ccc3ccccc13)c1ccc3ccc4c(N(c5c(C)ccc6c5C(C)(C)c5ccccc5-6)c5c(C)ccc6ccccc56)ccc5ccc1c3c54)C(C)(C)c1ccccc1-2. The zero-order chi connectivity index (χ0) is 48.9. The summed E-state index contributed by atoms with van der Waals surface area (Å²) in [7, 11) is 0. The van der Waals surface area contributed by atoms with Crippen molar-refractivity contribution in [2.75, 3.05) is 9.80 Å². The Labute approximate surface area is 422 Å². The van der Waals surface area contributed by atoms with Crippen LogP contribution < -0.4 is 9.80 Å². The number of anilines is 6. The van der Waals surface area contributed by atoms with E-state index in [1.807, 2.05) is 0 Å². The van der Waals surface area contributed by atoms with E-state index in [1.54, 1.807) is 0 Å². The van der Waals surface area contributed by atoms with Crippen LogP contribution in [0.5, 0.6) is 0 Å². The number of rotatable bonds is 6. The van der Waals surface area contributed by atoms with Gasteiger partial charge in [0, 0.05) is 32.4 Å². The van der Waals surface area contributed by atoms with Crippen molar-refractivity contribution in [3.05, 3.63) is 239 Å². The molecule has 2 aliphatic carbocycles. The van der Waals surface area contributed by atoms with Gasteiger partial charge in [-0.05, 0) is 139 Å². The summed E-state index contributed by atoms with van der Waals surface area (Å²) in [5, 5.41) is 12.5. The largest absolute Gasteiger partial charge is 0.308 e. The van der Waals surface area contributed by atoms with E-state index in [2.05, 4.69) is 259 Å². The summed E-state index contributed by atoms with van der Waals surface area (Å²) in [6.07, 6.45) is 0. The molecule has 0 unspecified atom stereocenters. The molecule has 12 aromatic carbocycles. The molecule has 0 N–H and O–H groups in total. The van der Waals surface area contributed by atoms with Gasteiger partial charge in [-0.1, -0.05) is 210 Å². The minimum atomic E-state index is -0.239. The molecule has 2 nitrogen and oxygen atoms in total. The number of hydrogen-bond donors (Lipinski definition) is 0. The van der Waals surface area contributed by atoms with Gasteiger partial charge in [-0.15, -0.1) is 0 Å². The molecule has 0 saturated heterocycles. The van der Waals surface area contributed by atoms with Gasteiger partial charge in [-0.2, -0.15) is 0 Å². The van der Waals surface area contributed by atoms with Crippen molar-refractivity contribution in [2.24, 2.45) is 0 Å². The van der Waals surface area contributed by atoms with Crippen LogP contribution in [0.1, 0.15) is 72.2 Å². The quantitative estimate of drug-likeness (QED) is 0.153. The molecule has 346 valence electrons. The van der Waals surface area contributed by atoms with Crippen molar-refractivity contribution in [1.29, 1.82) is 0 Å². The van der Waals surface area contributed by atoms with Gasteiger partial charge in [0.05, 0.1) is 34.1 Å². The molecule has 0 aliphatic heterocycles. The van der Waals surface area contributed by atoms with Crippen LogP contribution in [0.25, 0.3) is 76.1 Å². The second-order valence-electron chi connectivity index (χ2n) is 21.8. The molecule has 0 bridgehead atoms. The van der Waals surface area contributed by atoms with Crippen LogP contribution in [0.15, 0.2) is 194 Å². The maximum atomic E-state index is 2.66. The molecule has 0 heterocycles. The second-order valence-corrected chi connectivity index (χ2v) is 21.8. The second kappa shape index (κ2) is 15.2. The molecule has 2 aliphatic rings. The highest BCUT2D eigenvalue weighted by molar-refractivity contribution is 6.29. The monoisotopic (exact) mass is 924 g/mol. The molecule has 72 heavy (non-hydrogen) atoms. The molecule has 0 radical (unpaired) electrons. The van der Waals surface area contributed by atoms with Crippen LogP contribution in [-0.2, 0) is 10.8 Å². The summed E-state index contributed by atoms with van der Waals surface area (Å²) in [6, 6.07) is 73.8. The fraction of sp³-hybridized carbons (Fsp3) is 0.143. The van der Waals surface area contributed by atoms with Gasteiger partial charge < -0.3 is 9.80 Å². The Morgan fingerprint density at radius 1 is 0.278 bits per heavy atom. The van der Waals surface area contributed by atoms with Gasteiger partial charge in [0.1, 0.15) is 0 Å². The molecule has 14 rings (SSSR count). The Kier molecular flexibility index (Phi) is 8.98. The molecular formula is C70H56N2. The van der Waals surface area contributed by atoms with Crippen molar-refractivity contribution in [3.8, 4) is 22.3 Å². The first kappa shape index (κ1) is 42.7. The Morgan fingerprint density at radius 3 is 1.07 bits per heavy atom. The lowest BCUT2D eigenvalue weighted by Crippen LogP contribution is -2.22. The predicted molar refractivity (Wildman–Crippen MR) is 309 cm³/mol. The highest BCUT2D eigenvalue weighted by atomic mass is 15.2. The van der Waals surface area contributed by atoms with E-state index >= 15 is 0 Å². The van der Waals surface area contributed by atoms with Gasteiger partial charge in [-0.25, -0.2) is 0 Å². The van der Waals surface area contributed by atoms with Crippen LogP contribution in [0.3, 0.4) is 0 Å². The molecule has 0 amide bonds. The first-order chi connectivity index (χ1) is 34.9. The lowest BCUT2D eigenvalue weighted by molar-refractivity contribution is 0.660. The van der Waals surface area contributed by atoms with Crippen molar-refractivity contribution < 1.29 is 0 Å². The molecule has 12 aromatic rings.